The SMILES string of the molecule is O=C(O)COc1cccc2c(CCNC(=O)C(c3ccccc3)c3ccccc3)cccc12. The number of hydrogen-bond acceptors (Lipinski definition) is 3. The maximum absolute atomic E-state index is 13.2. The Morgan fingerprint density at radius 1 is 0.758 bits per heavy atom. The predicted octanol–water partition coefficient (Wildman–Crippen LogP) is 4.79. The molecule has 0 saturated heterocycles. The van der Waals surface area contributed by atoms with Crippen molar-refractivity contribution in [1.29, 1.82) is 0 Å². The number of rotatable bonds is 9. The normalized spacial score (nSPS) is 10.8. The number of nitrogens with one attached hydrogen (secondary N) is 1. The molecule has 0 radical (unpaired) electrons. The molecular formula is C28H25NO4. The fraction of sp³-hybridized carbons (Fsp3) is 0.143. The van der Waals surface area contributed by atoms with Crippen LogP contribution in [0.15, 0.2) is 97.1 Å². The van der Waals surface area contributed by atoms with Gasteiger partial charge in [0.05, 0.1) is 5.92 Å². The molecule has 0 aromatic heterocycles. The number of carboxylic acids is 1. The third kappa shape index (κ3) is 5.39. The van der Waals surface area contributed by atoms with E-state index in [1.807, 2.05) is 91.0 Å². The molecule has 5 heteroatoms. The lowest BCUT2D eigenvalue weighted by Crippen LogP contribution is -2.31. The van der Waals surface area contributed by atoms with E-state index in [-0.39, 0.29) is 18.4 Å². The van der Waals surface area contributed by atoms with Gasteiger partial charge in [0.1, 0.15) is 5.75 Å². The van der Waals surface area contributed by atoms with Gasteiger partial charge in [-0.2, -0.15) is 0 Å². The summed E-state index contributed by atoms with van der Waals surface area (Å²) in [6.45, 7) is 0.0914. The fourth-order valence-electron chi connectivity index (χ4n) is 4.04. The summed E-state index contributed by atoms with van der Waals surface area (Å²) >= 11 is 0. The van der Waals surface area contributed by atoms with Crippen LogP contribution in [0.3, 0.4) is 0 Å². The van der Waals surface area contributed by atoms with Crippen molar-refractivity contribution in [2.45, 2.75) is 12.3 Å². The van der Waals surface area contributed by atoms with E-state index in [1.54, 1.807) is 6.07 Å². The molecule has 2 N–H and O–H groups in total. The van der Waals surface area contributed by atoms with Gasteiger partial charge in [-0.15, -0.1) is 0 Å². The highest BCUT2D eigenvalue weighted by atomic mass is 16.5. The molecule has 0 saturated carbocycles. The van der Waals surface area contributed by atoms with Crippen molar-refractivity contribution in [2.75, 3.05) is 13.2 Å². The summed E-state index contributed by atoms with van der Waals surface area (Å²) in [5, 5.41) is 13.9. The Bertz CT molecular complexity index is 1200. The monoisotopic (exact) mass is 439 g/mol. The summed E-state index contributed by atoms with van der Waals surface area (Å²) < 4.78 is 5.44. The van der Waals surface area contributed by atoms with Crippen molar-refractivity contribution in [3.63, 3.8) is 0 Å². The third-order valence-corrected chi connectivity index (χ3v) is 5.55. The summed E-state index contributed by atoms with van der Waals surface area (Å²) in [6, 6.07) is 31.0. The van der Waals surface area contributed by atoms with Gasteiger partial charge in [0.15, 0.2) is 6.61 Å². The van der Waals surface area contributed by atoms with Gasteiger partial charge >= 0.3 is 5.97 Å². The Labute approximate surface area is 192 Å². The van der Waals surface area contributed by atoms with Crippen LogP contribution in [0.2, 0.25) is 0 Å². The highest BCUT2D eigenvalue weighted by Crippen LogP contribution is 2.29. The van der Waals surface area contributed by atoms with E-state index in [9.17, 15) is 9.59 Å². The molecule has 1 amide bonds. The van der Waals surface area contributed by atoms with Crippen LogP contribution in [0, 0.1) is 0 Å². The molecule has 4 aromatic carbocycles. The predicted molar refractivity (Wildman–Crippen MR) is 129 cm³/mol. The van der Waals surface area contributed by atoms with Gasteiger partial charge in [-0.1, -0.05) is 91.0 Å². The van der Waals surface area contributed by atoms with Gasteiger partial charge in [-0.05, 0) is 34.6 Å². The Kier molecular flexibility index (Phi) is 7.00. The third-order valence-electron chi connectivity index (χ3n) is 5.55. The zero-order valence-corrected chi connectivity index (χ0v) is 18.1. The number of amides is 1. The van der Waals surface area contributed by atoms with E-state index in [2.05, 4.69) is 5.32 Å². The maximum atomic E-state index is 13.2. The van der Waals surface area contributed by atoms with Crippen LogP contribution >= 0.6 is 0 Å². The molecule has 0 fully saturated rings. The second kappa shape index (κ2) is 10.5. The van der Waals surface area contributed by atoms with Crippen LogP contribution in [0.1, 0.15) is 22.6 Å². The molecule has 0 aliphatic rings. The first-order valence-corrected chi connectivity index (χ1v) is 10.9. The Balaban J connectivity index is 1.50. The molecule has 0 spiro atoms. The Morgan fingerprint density at radius 2 is 1.36 bits per heavy atom. The summed E-state index contributed by atoms with van der Waals surface area (Å²) in [4.78, 5) is 24.1. The van der Waals surface area contributed by atoms with Gasteiger partial charge in [0.25, 0.3) is 0 Å². The van der Waals surface area contributed by atoms with Crippen LogP contribution < -0.4 is 10.1 Å². The second-order valence-electron chi connectivity index (χ2n) is 7.75. The van der Waals surface area contributed by atoms with Gasteiger partial charge in [0.2, 0.25) is 5.91 Å². The highest BCUT2D eigenvalue weighted by molar-refractivity contribution is 5.91. The molecule has 0 unspecified atom stereocenters. The smallest absolute Gasteiger partial charge is 0.341 e. The lowest BCUT2D eigenvalue weighted by atomic mass is 9.90. The summed E-state index contributed by atoms with van der Waals surface area (Å²) in [6.07, 6.45) is 0.641. The molecule has 0 atom stereocenters. The molecule has 4 aromatic rings. The minimum absolute atomic E-state index is 0.0434. The standard InChI is InChI=1S/C28H25NO4/c30-26(31)19-33-25-16-8-14-23-20(13-7-15-24(23)25)17-18-29-28(32)27(21-9-3-1-4-10-21)22-11-5-2-6-12-22/h1-16,27H,17-19H2,(H,29,32)(H,30,31). The summed E-state index contributed by atoms with van der Waals surface area (Å²) in [5.74, 6) is -0.902. The summed E-state index contributed by atoms with van der Waals surface area (Å²) in [7, 11) is 0. The number of carboxylic acid groups (broad SMARTS) is 1. The van der Waals surface area contributed by atoms with Gasteiger partial charge < -0.3 is 15.2 Å². The van der Waals surface area contributed by atoms with E-state index >= 15 is 0 Å². The number of carbonyl (C=O) groups is 2. The molecule has 166 valence electrons. The average molecular weight is 440 g/mol. The van der Waals surface area contributed by atoms with Crippen molar-refractivity contribution in [1.82, 2.24) is 5.32 Å². The van der Waals surface area contributed by atoms with Crippen LogP contribution in [0.5, 0.6) is 5.75 Å². The topological polar surface area (TPSA) is 75.6 Å². The summed E-state index contributed by atoms with van der Waals surface area (Å²) in [5.41, 5.74) is 2.96. The van der Waals surface area contributed by atoms with Gasteiger partial charge in [0, 0.05) is 11.9 Å². The fourth-order valence-corrected chi connectivity index (χ4v) is 4.04. The largest absolute Gasteiger partial charge is 0.481 e. The molecule has 33 heavy (non-hydrogen) atoms. The first kappa shape index (κ1) is 22.1. The van der Waals surface area contributed by atoms with Gasteiger partial charge in [-0.3, -0.25) is 4.79 Å². The Hall–Kier alpha value is -4.12. The van der Waals surface area contributed by atoms with Crippen molar-refractivity contribution >= 4 is 22.6 Å². The van der Waals surface area contributed by atoms with Crippen molar-refractivity contribution in [2.24, 2.45) is 0 Å². The maximum Gasteiger partial charge on any atom is 0.341 e. The van der Waals surface area contributed by atoms with Gasteiger partial charge in [-0.25, -0.2) is 4.79 Å². The van der Waals surface area contributed by atoms with E-state index < -0.39 is 5.97 Å². The zero-order chi connectivity index (χ0) is 23.0. The quantitative estimate of drug-likeness (QED) is 0.393. The second-order valence-corrected chi connectivity index (χ2v) is 7.75. The van der Waals surface area contributed by atoms with Crippen molar-refractivity contribution < 1.29 is 19.4 Å². The number of benzene rings is 4. The number of aliphatic carboxylic acids is 1. The van der Waals surface area contributed by atoms with Crippen LogP contribution in [0.4, 0.5) is 0 Å². The minimum Gasteiger partial charge on any atom is -0.481 e. The first-order valence-electron chi connectivity index (χ1n) is 10.9. The van der Waals surface area contributed by atoms with E-state index in [0.29, 0.717) is 18.7 Å². The molecule has 5 nitrogen and oxygen atoms in total. The van der Waals surface area contributed by atoms with E-state index in [0.717, 1.165) is 27.5 Å². The van der Waals surface area contributed by atoms with Crippen LogP contribution in [-0.2, 0) is 16.0 Å². The zero-order valence-electron chi connectivity index (χ0n) is 18.1. The Morgan fingerprint density at radius 3 is 2.00 bits per heavy atom. The minimum atomic E-state index is -1.02. The van der Waals surface area contributed by atoms with Crippen LogP contribution in [-0.4, -0.2) is 30.1 Å². The van der Waals surface area contributed by atoms with Crippen molar-refractivity contribution in [3.05, 3.63) is 114 Å². The highest BCUT2D eigenvalue weighted by Gasteiger charge is 2.22. The molecule has 0 heterocycles. The molecule has 0 bridgehead atoms. The first-order chi connectivity index (χ1) is 16.1. The molecule has 0 aliphatic heterocycles. The number of carbonyl (C=O) groups excluding carboxylic acids is 1. The lowest BCUT2D eigenvalue weighted by Gasteiger charge is -2.18. The molecule has 4 rings (SSSR count). The number of fused-ring (bicyclic) bond motifs is 1. The molecule has 0 aliphatic carbocycles. The average Bonchev–Trinajstić information content (AvgIpc) is 2.84. The lowest BCUT2D eigenvalue weighted by molar-refractivity contribution is -0.139. The number of ether oxygens (including phenoxy) is 1. The van der Waals surface area contributed by atoms with E-state index in [1.165, 1.54) is 0 Å². The van der Waals surface area contributed by atoms with E-state index in [4.69, 9.17) is 9.84 Å². The van der Waals surface area contributed by atoms with Crippen molar-refractivity contribution in [3.8, 4) is 5.75 Å². The van der Waals surface area contributed by atoms with Crippen LogP contribution in [0.25, 0.3) is 10.8 Å². The number of hydrogen-bond donors (Lipinski definition) is 2. The molecular weight excluding hydrogens is 414 g/mol.